The molecule has 0 aliphatic heterocycles. The molecule has 20 heavy (non-hydrogen) atoms. The standard InChI is InChI=1S/C16H19NO3/c1-4-12-5-8-15(16(9-12)19-3)20-13-6-7-14(11(2)18)17-10-13/h5-11,18H,4H2,1-3H3/t11-/m0/s1. The van der Waals surface area contributed by atoms with Crippen LogP contribution in [0.1, 0.15) is 31.2 Å². The molecule has 0 saturated carbocycles. The molecule has 4 heteroatoms. The summed E-state index contributed by atoms with van der Waals surface area (Å²) in [6.07, 6.45) is 1.96. The van der Waals surface area contributed by atoms with Gasteiger partial charge in [0.2, 0.25) is 0 Å². The van der Waals surface area contributed by atoms with Crippen LogP contribution in [0.3, 0.4) is 0 Å². The summed E-state index contributed by atoms with van der Waals surface area (Å²) in [5.41, 5.74) is 1.81. The summed E-state index contributed by atoms with van der Waals surface area (Å²) in [5, 5.41) is 9.42. The average molecular weight is 273 g/mol. The molecule has 1 heterocycles. The molecule has 1 aromatic heterocycles. The molecule has 0 fully saturated rings. The van der Waals surface area contributed by atoms with E-state index >= 15 is 0 Å². The summed E-state index contributed by atoms with van der Waals surface area (Å²) in [6, 6.07) is 9.39. The van der Waals surface area contributed by atoms with E-state index in [0.717, 1.165) is 6.42 Å². The van der Waals surface area contributed by atoms with Crippen molar-refractivity contribution in [3.8, 4) is 17.2 Å². The summed E-state index contributed by atoms with van der Waals surface area (Å²) in [4.78, 5) is 4.15. The second-order valence-electron chi connectivity index (χ2n) is 4.54. The minimum atomic E-state index is -0.581. The van der Waals surface area contributed by atoms with Gasteiger partial charge in [-0.3, -0.25) is 4.98 Å². The fourth-order valence-corrected chi connectivity index (χ4v) is 1.84. The van der Waals surface area contributed by atoms with Gasteiger partial charge in [0.1, 0.15) is 5.75 Å². The first-order valence-corrected chi connectivity index (χ1v) is 6.62. The maximum Gasteiger partial charge on any atom is 0.169 e. The highest BCUT2D eigenvalue weighted by molar-refractivity contribution is 5.45. The Morgan fingerprint density at radius 1 is 1.20 bits per heavy atom. The molecule has 2 rings (SSSR count). The predicted molar refractivity (Wildman–Crippen MR) is 77.3 cm³/mol. The smallest absolute Gasteiger partial charge is 0.169 e. The lowest BCUT2D eigenvalue weighted by Crippen LogP contribution is -1.96. The van der Waals surface area contributed by atoms with Crippen LogP contribution in [-0.2, 0) is 6.42 Å². The Kier molecular flexibility index (Phi) is 4.58. The first kappa shape index (κ1) is 14.3. The molecule has 0 aliphatic carbocycles. The number of aliphatic hydroxyl groups is 1. The number of aliphatic hydroxyl groups excluding tert-OH is 1. The first-order valence-electron chi connectivity index (χ1n) is 6.62. The van der Waals surface area contributed by atoms with E-state index in [1.807, 2.05) is 18.2 Å². The number of aromatic nitrogens is 1. The van der Waals surface area contributed by atoms with Gasteiger partial charge in [-0.1, -0.05) is 13.0 Å². The molecule has 2 aromatic rings. The Bertz CT molecular complexity index is 564. The van der Waals surface area contributed by atoms with E-state index in [9.17, 15) is 5.11 Å². The molecule has 0 saturated heterocycles. The number of aryl methyl sites for hydroxylation is 1. The second kappa shape index (κ2) is 6.39. The summed E-state index contributed by atoms with van der Waals surface area (Å²) in [6.45, 7) is 3.77. The Morgan fingerprint density at radius 3 is 2.55 bits per heavy atom. The Balaban J connectivity index is 2.20. The number of nitrogens with zero attached hydrogens (tertiary/aromatic N) is 1. The summed E-state index contributed by atoms with van der Waals surface area (Å²) in [5.74, 6) is 1.96. The Morgan fingerprint density at radius 2 is 2.00 bits per heavy atom. The fourth-order valence-electron chi connectivity index (χ4n) is 1.84. The quantitative estimate of drug-likeness (QED) is 0.906. The number of pyridine rings is 1. The molecule has 0 radical (unpaired) electrons. The monoisotopic (exact) mass is 273 g/mol. The van der Waals surface area contributed by atoms with Crippen molar-refractivity contribution < 1.29 is 14.6 Å². The lowest BCUT2D eigenvalue weighted by Gasteiger charge is -2.12. The summed E-state index contributed by atoms with van der Waals surface area (Å²) in [7, 11) is 1.62. The zero-order chi connectivity index (χ0) is 14.5. The maximum atomic E-state index is 9.42. The van der Waals surface area contributed by atoms with Gasteiger partial charge in [-0.2, -0.15) is 0 Å². The van der Waals surface area contributed by atoms with E-state index in [-0.39, 0.29) is 0 Å². The lowest BCUT2D eigenvalue weighted by atomic mass is 10.1. The number of benzene rings is 1. The molecular weight excluding hydrogens is 254 g/mol. The average Bonchev–Trinajstić information content (AvgIpc) is 2.48. The van der Waals surface area contributed by atoms with E-state index < -0.39 is 6.10 Å². The van der Waals surface area contributed by atoms with Crippen LogP contribution >= 0.6 is 0 Å². The van der Waals surface area contributed by atoms with Gasteiger partial charge in [0.05, 0.1) is 25.1 Å². The van der Waals surface area contributed by atoms with Crippen LogP contribution in [0.2, 0.25) is 0 Å². The van der Waals surface area contributed by atoms with Crippen molar-refractivity contribution in [3.05, 3.63) is 47.8 Å². The largest absolute Gasteiger partial charge is 0.493 e. The van der Waals surface area contributed by atoms with E-state index in [1.165, 1.54) is 5.56 Å². The van der Waals surface area contributed by atoms with Crippen molar-refractivity contribution >= 4 is 0 Å². The minimum Gasteiger partial charge on any atom is -0.493 e. The van der Waals surface area contributed by atoms with Crippen LogP contribution in [-0.4, -0.2) is 17.2 Å². The normalized spacial score (nSPS) is 12.0. The third-order valence-corrected chi connectivity index (χ3v) is 3.05. The second-order valence-corrected chi connectivity index (χ2v) is 4.54. The van der Waals surface area contributed by atoms with Crippen LogP contribution < -0.4 is 9.47 Å². The van der Waals surface area contributed by atoms with E-state index in [0.29, 0.717) is 22.9 Å². The number of methoxy groups -OCH3 is 1. The molecule has 106 valence electrons. The van der Waals surface area contributed by atoms with Gasteiger partial charge in [0.25, 0.3) is 0 Å². The van der Waals surface area contributed by atoms with Crippen molar-refractivity contribution in [1.82, 2.24) is 4.98 Å². The highest BCUT2D eigenvalue weighted by atomic mass is 16.5. The molecule has 1 N–H and O–H groups in total. The third kappa shape index (κ3) is 3.27. The summed E-state index contributed by atoms with van der Waals surface area (Å²) >= 11 is 0. The predicted octanol–water partition coefficient (Wildman–Crippen LogP) is 3.50. The maximum absolute atomic E-state index is 9.42. The minimum absolute atomic E-state index is 0.581. The molecule has 1 aromatic carbocycles. The Hall–Kier alpha value is -2.07. The van der Waals surface area contributed by atoms with Crippen LogP contribution in [0.25, 0.3) is 0 Å². The molecule has 4 nitrogen and oxygen atoms in total. The van der Waals surface area contributed by atoms with Gasteiger partial charge in [0.15, 0.2) is 11.5 Å². The van der Waals surface area contributed by atoms with Crippen molar-refractivity contribution in [2.24, 2.45) is 0 Å². The first-order chi connectivity index (χ1) is 9.63. The van der Waals surface area contributed by atoms with E-state index in [4.69, 9.17) is 9.47 Å². The lowest BCUT2D eigenvalue weighted by molar-refractivity contribution is 0.194. The van der Waals surface area contributed by atoms with Gasteiger partial charge >= 0.3 is 0 Å². The van der Waals surface area contributed by atoms with Gasteiger partial charge < -0.3 is 14.6 Å². The van der Waals surface area contributed by atoms with Crippen molar-refractivity contribution in [2.75, 3.05) is 7.11 Å². The number of ether oxygens (including phenoxy) is 2. The molecule has 0 spiro atoms. The fraction of sp³-hybridized carbons (Fsp3) is 0.312. The molecule has 0 bridgehead atoms. The van der Waals surface area contributed by atoms with Crippen LogP contribution in [0.5, 0.6) is 17.2 Å². The molecule has 1 atom stereocenters. The molecule has 0 amide bonds. The summed E-state index contributed by atoms with van der Waals surface area (Å²) < 4.78 is 11.1. The van der Waals surface area contributed by atoms with Crippen molar-refractivity contribution in [2.45, 2.75) is 26.4 Å². The van der Waals surface area contributed by atoms with Crippen molar-refractivity contribution in [1.29, 1.82) is 0 Å². The van der Waals surface area contributed by atoms with Crippen LogP contribution in [0.15, 0.2) is 36.5 Å². The van der Waals surface area contributed by atoms with Gasteiger partial charge in [-0.05, 0) is 43.2 Å². The molecule has 0 unspecified atom stereocenters. The third-order valence-electron chi connectivity index (χ3n) is 3.05. The number of rotatable bonds is 5. The highest BCUT2D eigenvalue weighted by Crippen LogP contribution is 2.32. The zero-order valence-corrected chi connectivity index (χ0v) is 12.0. The zero-order valence-electron chi connectivity index (χ0n) is 12.0. The molecular formula is C16H19NO3. The molecule has 0 aliphatic rings. The topological polar surface area (TPSA) is 51.6 Å². The SMILES string of the molecule is CCc1ccc(Oc2ccc([C@H](C)O)nc2)c(OC)c1. The highest BCUT2D eigenvalue weighted by Gasteiger charge is 2.08. The van der Waals surface area contributed by atoms with E-state index in [2.05, 4.69) is 11.9 Å². The number of hydrogen-bond donors (Lipinski definition) is 1. The van der Waals surface area contributed by atoms with Crippen molar-refractivity contribution in [3.63, 3.8) is 0 Å². The van der Waals surface area contributed by atoms with Gasteiger partial charge in [-0.25, -0.2) is 0 Å². The van der Waals surface area contributed by atoms with E-state index in [1.54, 1.807) is 32.4 Å². The Labute approximate surface area is 119 Å². The van der Waals surface area contributed by atoms with Crippen LogP contribution in [0.4, 0.5) is 0 Å². The van der Waals surface area contributed by atoms with Gasteiger partial charge in [-0.15, -0.1) is 0 Å². The van der Waals surface area contributed by atoms with Gasteiger partial charge in [0, 0.05) is 0 Å². The van der Waals surface area contributed by atoms with Crippen LogP contribution in [0, 0.1) is 0 Å². The number of hydrogen-bond acceptors (Lipinski definition) is 4.